The van der Waals surface area contributed by atoms with Gasteiger partial charge in [0.25, 0.3) is 0 Å². The fourth-order valence-electron chi connectivity index (χ4n) is 2.01. The lowest BCUT2D eigenvalue weighted by molar-refractivity contribution is 0.0703. The molecule has 1 aromatic rings. The Morgan fingerprint density at radius 2 is 1.75 bits per heavy atom. The van der Waals surface area contributed by atoms with Crippen LogP contribution in [0.1, 0.15) is 39.9 Å². The predicted octanol–water partition coefficient (Wildman–Crippen LogP) is 2.57. The topological polar surface area (TPSA) is 37.3 Å². The van der Waals surface area contributed by atoms with E-state index in [4.69, 9.17) is 0 Å². The highest BCUT2D eigenvalue weighted by Gasteiger charge is 2.35. The largest absolute Gasteiger partial charge is 0.385 e. The molecule has 1 saturated carbocycles. The van der Waals surface area contributed by atoms with Gasteiger partial charge >= 0.3 is 0 Å². The molecule has 1 aliphatic carbocycles. The Bertz CT molecular complexity index is 431. The zero-order valence-corrected chi connectivity index (χ0v) is 10.1. The van der Waals surface area contributed by atoms with Crippen LogP contribution in [0.2, 0.25) is 0 Å². The predicted molar refractivity (Wildman–Crippen MR) is 63.7 cm³/mol. The Kier molecular flexibility index (Phi) is 2.85. The van der Waals surface area contributed by atoms with E-state index in [9.17, 15) is 9.90 Å². The van der Waals surface area contributed by atoms with Gasteiger partial charge in [-0.05, 0) is 62.3 Å². The quantitative estimate of drug-likeness (QED) is 0.792. The molecule has 0 radical (unpaired) electrons. The Balaban J connectivity index is 2.32. The summed E-state index contributed by atoms with van der Waals surface area (Å²) in [6.07, 6.45) is 1.17. The van der Waals surface area contributed by atoms with Crippen molar-refractivity contribution in [3.05, 3.63) is 34.4 Å². The molecule has 0 bridgehead atoms. The van der Waals surface area contributed by atoms with Crippen molar-refractivity contribution < 1.29 is 9.90 Å². The third kappa shape index (κ3) is 2.03. The van der Waals surface area contributed by atoms with Gasteiger partial charge in [-0.3, -0.25) is 4.79 Å². The van der Waals surface area contributed by atoms with Crippen molar-refractivity contribution in [2.24, 2.45) is 5.92 Å². The van der Waals surface area contributed by atoms with Gasteiger partial charge in [0.05, 0.1) is 0 Å². The summed E-state index contributed by atoms with van der Waals surface area (Å²) >= 11 is 0. The third-order valence-electron chi connectivity index (χ3n) is 3.44. The molecule has 1 unspecified atom stereocenters. The normalized spacial score (nSPS) is 17.2. The van der Waals surface area contributed by atoms with Crippen molar-refractivity contribution >= 4 is 5.78 Å². The number of ketones is 1. The van der Waals surface area contributed by atoms with Gasteiger partial charge in [0.15, 0.2) is 5.78 Å². The van der Waals surface area contributed by atoms with Crippen LogP contribution in [-0.4, -0.2) is 17.0 Å². The fourth-order valence-corrected chi connectivity index (χ4v) is 2.01. The molecule has 1 N–H and O–H groups in total. The number of benzene rings is 1. The third-order valence-corrected chi connectivity index (χ3v) is 3.44. The summed E-state index contributed by atoms with van der Waals surface area (Å²) in [5.74, 6) is 0.0941. The Morgan fingerprint density at radius 1 is 1.19 bits per heavy atom. The zero-order chi connectivity index (χ0) is 11.9. The zero-order valence-electron chi connectivity index (χ0n) is 10.1. The number of rotatable bonds is 3. The second-order valence-corrected chi connectivity index (χ2v) is 4.90. The molecule has 0 amide bonds. The molecular formula is C14H18O2. The molecule has 0 saturated heterocycles. The summed E-state index contributed by atoms with van der Waals surface area (Å²) in [6.45, 7) is 5.96. The van der Waals surface area contributed by atoms with Crippen LogP contribution in [0.25, 0.3) is 0 Å². The van der Waals surface area contributed by atoms with Crippen LogP contribution in [0.15, 0.2) is 12.1 Å². The number of hydrogen-bond donors (Lipinski definition) is 1. The van der Waals surface area contributed by atoms with E-state index in [2.05, 4.69) is 0 Å². The highest BCUT2D eigenvalue weighted by atomic mass is 16.3. The van der Waals surface area contributed by atoms with Crippen LogP contribution in [0, 0.1) is 26.7 Å². The number of carbonyl (C=O) groups excluding carboxylic acids is 1. The van der Waals surface area contributed by atoms with E-state index in [1.807, 2.05) is 32.9 Å². The van der Waals surface area contributed by atoms with Gasteiger partial charge in [0.2, 0.25) is 0 Å². The molecule has 0 aromatic heterocycles. The smallest absolute Gasteiger partial charge is 0.191 e. The minimum absolute atomic E-state index is 0.108. The molecule has 0 spiro atoms. The maximum atomic E-state index is 12.1. The highest BCUT2D eigenvalue weighted by Crippen LogP contribution is 2.34. The van der Waals surface area contributed by atoms with Crippen LogP contribution >= 0.6 is 0 Å². The van der Waals surface area contributed by atoms with Crippen molar-refractivity contribution in [1.29, 1.82) is 0 Å². The van der Waals surface area contributed by atoms with Crippen LogP contribution < -0.4 is 0 Å². The first-order valence-electron chi connectivity index (χ1n) is 5.81. The minimum Gasteiger partial charge on any atom is -0.385 e. The van der Waals surface area contributed by atoms with Crippen molar-refractivity contribution in [2.75, 3.05) is 0 Å². The van der Waals surface area contributed by atoms with Gasteiger partial charge in [-0.25, -0.2) is 0 Å². The van der Waals surface area contributed by atoms with Gasteiger partial charge in [-0.15, -0.1) is 0 Å². The Morgan fingerprint density at radius 3 is 2.31 bits per heavy atom. The molecule has 2 rings (SSSR count). The highest BCUT2D eigenvalue weighted by molar-refractivity contribution is 6.01. The Hall–Kier alpha value is -1.15. The number of hydrogen-bond acceptors (Lipinski definition) is 2. The summed E-state index contributed by atoms with van der Waals surface area (Å²) < 4.78 is 0. The van der Waals surface area contributed by atoms with Crippen LogP contribution in [-0.2, 0) is 0 Å². The first-order chi connectivity index (χ1) is 7.50. The second kappa shape index (κ2) is 4.02. The van der Waals surface area contributed by atoms with E-state index in [1.54, 1.807) is 0 Å². The monoisotopic (exact) mass is 218 g/mol. The van der Waals surface area contributed by atoms with Gasteiger partial charge in [0.1, 0.15) is 6.10 Å². The average molecular weight is 218 g/mol. The fraction of sp³-hybridized carbons (Fsp3) is 0.500. The van der Waals surface area contributed by atoms with E-state index in [0.29, 0.717) is 5.56 Å². The molecule has 16 heavy (non-hydrogen) atoms. The number of aliphatic hydroxyl groups is 1. The van der Waals surface area contributed by atoms with E-state index >= 15 is 0 Å². The van der Waals surface area contributed by atoms with Crippen molar-refractivity contribution in [2.45, 2.75) is 39.7 Å². The Labute approximate surface area is 96.3 Å². The van der Waals surface area contributed by atoms with Crippen LogP contribution in [0.3, 0.4) is 0 Å². The van der Waals surface area contributed by atoms with Crippen LogP contribution in [0.5, 0.6) is 0 Å². The molecule has 0 aliphatic heterocycles. The number of carbonyl (C=O) groups is 1. The molecule has 1 atom stereocenters. The second-order valence-electron chi connectivity index (χ2n) is 4.90. The van der Waals surface area contributed by atoms with Gasteiger partial charge in [-0.1, -0.05) is 6.07 Å². The van der Waals surface area contributed by atoms with E-state index in [0.717, 1.165) is 24.0 Å². The standard InChI is InChI=1S/C14H18O2/c1-8-6-10(3)12(7-9(8)2)14(16)13(15)11-4-5-11/h6-7,11,13,15H,4-5H2,1-3H3. The van der Waals surface area contributed by atoms with E-state index < -0.39 is 6.10 Å². The number of Topliss-reactive ketones (excluding diaryl/α,β-unsaturated/α-hetero) is 1. The lowest BCUT2D eigenvalue weighted by Crippen LogP contribution is -2.23. The minimum atomic E-state index is -0.791. The van der Waals surface area contributed by atoms with Crippen molar-refractivity contribution in [3.63, 3.8) is 0 Å². The van der Waals surface area contributed by atoms with Crippen molar-refractivity contribution in [3.8, 4) is 0 Å². The van der Waals surface area contributed by atoms with Crippen LogP contribution in [0.4, 0.5) is 0 Å². The average Bonchev–Trinajstić information content (AvgIpc) is 3.05. The first kappa shape index (κ1) is 11.3. The summed E-state index contributed by atoms with van der Waals surface area (Å²) in [4.78, 5) is 12.1. The van der Waals surface area contributed by atoms with E-state index in [1.165, 1.54) is 5.56 Å². The lowest BCUT2D eigenvalue weighted by atomic mass is 9.94. The number of aryl methyl sites for hydroxylation is 3. The molecule has 2 nitrogen and oxygen atoms in total. The maximum absolute atomic E-state index is 12.1. The van der Waals surface area contributed by atoms with E-state index in [-0.39, 0.29) is 11.7 Å². The molecular weight excluding hydrogens is 200 g/mol. The summed E-state index contributed by atoms with van der Waals surface area (Å²) in [5.41, 5.74) is 3.95. The SMILES string of the molecule is Cc1cc(C)c(C(=O)C(O)C2CC2)cc1C. The molecule has 1 fully saturated rings. The van der Waals surface area contributed by atoms with Gasteiger partial charge < -0.3 is 5.11 Å². The van der Waals surface area contributed by atoms with Gasteiger partial charge in [0, 0.05) is 5.56 Å². The molecule has 86 valence electrons. The maximum Gasteiger partial charge on any atom is 0.191 e. The summed E-state index contributed by atoms with van der Waals surface area (Å²) in [7, 11) is 0. The first-order valence-corrected chi connectivity index (χ1v) is 5.81. The summed E-state index contributed by atoms with van der Waals surface area (Å²) in [6, 6.07) is 3.92. The lowest BCUT2D eigenvalue weighted by Gasteiger charge is -2.12. The molecule has 1 aromatic carbocycles. The van der Waals surface area contributed by atoms with Crippen molar-refractivity contribution in [1.82, 2.24) is 0 Å². The molecule has 2 heteroatoms. The molecule has 1 aliphatic rings. The summed E-state index contributed by atoms with van der Waals surface area (Å²) in [5, 5.41) is 9.85. The molecule has 0 heterocycles. The van der Waals surface area contributed by atoms with Gasteiger partial charge in [-0.2, -0.15) is 0 Å². The number of aliphatic hydroxyl groups excluding tert-OH is 1.